The first kappa shape index (κ1) is 16.0. The Hall–Kier alpha value is -2.34. The maximum absolute atomic E-state index is 12.4. The lowest BCUT2D eigenvalue weighted by Gasteiger charge is -2.11. The highest BCUT2D eigenvalue weighted by Crippen LogP contribution is 2.24. The van der Waals surface area contributed by atoms with Crippen LogP contribution in [-0.4, -0.2) is 35.9 Å². The van der Waals surface area contributed by atoms with Crippen molar-refractivity contribution in [2.45, 2.75) is 20.3 Å². The molecular weight excluding hydrogens is 286 g/mol. The Morgan fingerprint density at radius 3 is 2.73 bits per heavy atom. The number of aryl methyl sites for hydroxylation is 1. The first-order chi connectivity index (χ1) is 10.6. The predicted octanol–water partition coefficient (Wildman–Crippen LogP) is 1.64. The third kappa shape index (κ3) is 3.12. The average molecular weight is 305 g/mol. The molecule has 0 spiro atoms. The summed E-state index contributed by atoms with van der Waals surface area (Å²) >= 11 is 0. The van der Waals surface area contributed by atoms with Gasteiger partial charge in [0.2, 0.25) is 5.43 Å². The van der Waals surface area contributed by atoms with Crippen LogP contribution in [0.4, 0.5) is 0 Å². The van der Waals surface area contributed by atoms with Crippen molar-refractivity contribution < 1.29 is 19.4 Å². The fraction of sp³-hybridized carbons (Fsp3) is 0.375. The van der Waals surface area contributed by atoms with Crippen molar-refractivity contribution in [1.29, 1.82) is 0 Å². The van der Waals surface area contributed by atoms with E-state index in [9.17, 15) is 9.59 Å². The number of fused-ring (bicyclic) bond motifs is 1. The molecule has 0 fully saturated rings. The topological polar surface area (TPSA) is 88.6 Å². The molecule has 6 heteroatoms. The molecule has 2 aromatic rings. The van der Waals surface area contributed by atoms with Crippen LogP contribution in [0.5, 0.6) is 5.75 Å². The maximum atomic E-state index is 12.4. The van der Waals surface area contributed by atoms with Gasteiger partial charge in [-0.25, -0.2) is 4.79 Å². The van der Waals surface area contributed by atoms with E-state index in [1.165, 1.54) is 6.20 Å². The Balaban J connectivity index is 2.57. The molecule has 1 aromatic heterocycles. The molecular formula is C16H19NO5. The lowest BCUT2D eigenvalue weighted by Crippen LogP contribution is -2.18. The number of aromatic nitrogens is 1. The Morgan fingerprint density at radius 2 is 2.09 bits per heavy atom. The molecule has 0 saturated carbocycles. The van der Waals surface area contributed by atoms with Crippen LogP contribution in [0.25, 0.3) is 10.9 Å². The average Bonchev–Trinajstić information content (AvgIpc) is 2.52. The number of nitrogens with one attached hydrogen (secondary N) is 1. The van der Waals surface area contributed by atoms with E-state index in [0.717, 1.165) is 12.0 Å². The number of pyridine rings is 1. The number of rotatable bonds is 6. The van der Waals surface area contributed by atoms with Gasteiger partial charge in [-0.3, -0.25) is 4.79 Å². The molecule has 0 atom stereocenters. The van der Waals surface area contributed by atoms with Gasteiger partial charge in [0.05, 0.1) is 18.6 Å². The number of ether oxygens (including phenoxy) is 2. The minimum Gasteiger partial charge on any atom is -0.491 e. The highest BCUT2D eigenvalue weighted by molar-refractivity contribution is 5.94. The first-order valence-corrected chi connectivity index (χ1v) is 7.21. The second kappa shape index (κ2) is 7.09. The molecule has 22 heavy (non-hydrogen) atoms. The van der Waals surface area contributed by atoms with Crippen LogP contribution in [0, 0.1) is 0 Å². The van der Waals surface area contributed by atoms with Crippen LogP contribution in [-0.2, 0) is 11.2 Å². The van der Waals surface area contributed by atoms with Crippen molar-refractivity contribution in [3.05, 3.63) is 39.7 Å². The molecule has 0 amide bonds. The van der Waals surface area contributed by atoms with Gasteiger partial charge in [-0.05, 0) is 31.0 Å². The maximum Gasteiger partial charge on any atom is 0.343 e. The number of H-pyrrole nitrogens is 1. The Labute approximate surface area is 127 Å². The lowest BCUT2D eigenvalue weighted by molar-refractivity contribution is 0.0524. The van der Waals surface area contributed by atoms with Crippen LogP contribution in [0.3, 0.4) is 0 Å². The number of benzene rings is 1. The number of aliphatic hydroxyl groups is 1. The zero-order chi connectivity index (χ0) is 16.1. The van der Waals surface area contributed by atoms with Crippen molar-refractivity contribution in [2.24, 2.45) is 0 Å². The summed E-state index contributed by atoms with van der Waals surface area (Å²) in [4.78, 5) is 27.2. The number of esters is 1. The molecule has 0 aliphatic carbocycles. The molecule has 118 valence electrons. The van der Waals surface area contributed by atoms with Gasteiger partial charge in [-0.2, -0.15) is 0 Å². The summed E-state index contributed by atoms with van der Waals surface area (Å²) in [6.07, 6.45) is 2.09. The molecule has 2 rings (SSSR count). The zero-order valence-electron chi connectivity index (χ0n) is 12.6. The number of aliphatic hydroxyl groups excluding tert-OH is 1. The van der Waals surface area contributed by atoms with E-state index in [4.69, 9.17) is 14.6 Å². The van der Waals surface area contributed by atoms with Crippen LogP contribution >= 0.6 is 0 Å². The quantitative estimate of drug-likeness (QED) is 0.792. The van der Waals surface area contributed by atoms with Gasteiger partial charge >= 0.3 is 5.97 Å². The van der Waals surface area contributed by atoms with Gasteiger partial charge in [0.15, 0.2) is 0 Å². The smallest absolute Gasteiger partial charge is 0.343 e. The SMILES string of the molecule is CCOC(=O)c1c[nH]c2cc(CC)c(OCCO)cc2c1=O. The molecule has 0 unspecified atom stereocenters. The molecule has 0 bridgehead atoms. The summed E-state index contributed by atoms with van der Waals surface area (Å²) in [7, 11) is 0. The standard InChI is InChI=1S/C16H19NO5/c1-3-10-7-13-11(8-14(10)22-6-5-18)15(19)12(9-17-13)16(20)21-4-2/h7-9,18H,3-6H2,1-2H3,(H,17,19). The predicted molar refractivity (Wildman–Crippen MR) is 82.5 cm³/mol. The number of aromatic amines is 1. The molecule has 0 radical (unpaired) electrons. The van der Waals surface area contributed by atoms with E-state index in [-0.39, 0.29) is 25.4 Å². The number of carbonyl (C=O) groups excluding carboxylic acids is 1. The Kier molecular flexibility index (Phi) is 5.16. The second-order valence-corrected chi connectivity index (χ2v) is 4.68. The summed E-state index contributed by atoms with van der Waals surface area (Å²) in [5.41, 5.74) is 1.11. The van der Waals surface area contributed by atoms with Crippen LogP contribution in [0.1, 0.15) is 29.8 Å². The van der Waals surface area contributed by atoms with Crippen molar-refractivity contribution in [3.8, 4) is 5.75 Å². The molecule has 0 aliphatic heterocycles. The van der Waals surface area contributed by atoms with Crippen molar-refractivity contribution in [2.75, 3.05) is 19.8 Å². The minimum absolute atomic E-state index is 0.0355. The monoisotopic (exact) mass is 305 g/mol. The molecule has 6 nitrogen and oxygen atoms in total. The normalized spacial score (nSPS) is 10.7. The Morgan fingerprint density at radius 1 is 1.32 bits per heavy atom. The third-order valence-electron chi connectivity index (χ3n) is 3.29. The number of hydrogen-bond acceptors (Lipinski definition) is 5. The van der Waals surface area contributed by atoms with Gasteiger partial charge in [-0.1, -0.05) is 6.92 Å². The van der Waals surface area contributed by atoms with Gasteiger partial charge < -0.3 is 19.6 Å². The fourth-order valence-corrected chi connectivity index (χ4v) is 2.22. The van der Waals surface area contributed by atoms with Crippen molar-refractivity contribution >= 4 is 16.9 Å². The van der Waals surface area contributed by atoms with Gasteiger partial charge in [0.1, 0.15) is 17.9 Å². The number of hydrogen-bond donors (Lipinski definition) is 2. The summed E-state index contributed by atoms with van der Waals surface area (Å²) in [5.74, 6) is -0.112. The third-order valence-corrected chi connectivity index (χ3v) is 3.29. The van der Waals surface area contributed by atoms with E-state index in [0.29, 0.717) is 16.7 Å². The summed E-state index contributed by atoms with van der Waals surface area (Å²) in [5, 5.41) is 9.24. The van der Waals surface area contributed by atoms with Crippen molar-refractivity contribution in [1.82, 2.24) is 4.98 Å². The highest BCUT2D eigenvalue weighted by Gasteiger charge is 2.15. The molecule has 1 aromatic carbocycles. The summed E-state index contributed by atoms with van der Waals surface area (Å²) in [6.45, 7) is 3.89. The minimum atomic E-state index is -0.650. The molecule has 1 heterocycles. The van der Waals surface area contributed by atoms with E-state index in [2.05, 4.69) is 4.98 Å². The summed E-state index contributed by atoms with van der Waals surface area (Å²) < 4.78 is 10.3. The Bertz CT molecular complexity index is 735. The zero-order valence-corrected chi connectivity index (χ0v) is 12.6. The van der Waals surface area contributed by atoms with Gasteiger partial charge in [-0.15, -0.1) is 0 Å². The first-order valence-electron chi connectivity index (χ1n) is 7.21. The second-order valence-electron chi connectivity index (χ2n) is 4.68. The highest BCUT2D eigenvalue weighted by atomic mass is 16.5. The largest absolute Gasteiger partial charge is 0.491 e. The van der Waals surface area contributed by atoms with E-state index < -0.39 is 11.4 Å². The van der Waals surface area contributed by atoms with E-state index in [1.807, 2.05) is 13.0 Å². The van der Waals surface area contributed by atoms with Crippen LogP contribution < -0.4 is 10.2 Å². The molecule has 0 aliphatic rings. The fourth-order valence-electron chi connectivity index (χ4n) is 2.22. The van der Waals surface area contributed by atoms with Crippen LogP contribution in [0.2, 0.25) is 0 Å². The van der Waals surface area contributed by atoms with Gasteiger partial charge in [0, 0.05) is 11.7 Å². The molecule has 0 saturated heterocycles. The summed E-state index contributed by atoms with van der Waals surface area (Å²) in [6, 6.07) is 3.42. The van der Waals surface area contributed by atoms with Crippen LogP contribution in [0.15, 0.2) is 23.1 Å². The lowest BCUT2D eigenvalue weighted by atomic mass is 10.1. The van der Waals surface area contributed by atoms with Crippen molar-refractivity contribution in [3.63, 3.8) is 0 Å². The van der Waals surface area contributed by atoms with Gasteiger partial charge in [0.25, 0.3) is 0 Å². The van der Waals surface area contributed by atoms with E-state index >= 15 is 0 Å². The van der Waals surface area contributed by atoms with E-state index in [1.54, 1.807) is 13.0 Å². The molecule has 2 N–H and O–H groups in total. The number of carbonyl (C=O) groups is 1.